The van der Waals surface area contributed by atoms with Gasteiger partial charge in [-0.2, -0.15) is 4.31 Å². The van der Waals surface area contributed by atoms with Crippen LogP contribution in [0.15, 0.2) is 41.3 Å². The summed E-state index contributed by atoms with van der Waals surface area (Å²) in [6.45, 7) is 10.8. The molecule has 7 heteroatoms. The number of benzene rings is 2. The number of aryl methyl sites for hydroxylation is 2. The second kappa shape index (κ2) is 10.3. The van der Waals surface area contributed by atoms with E-state index in [1.807, 2.05) is 26.8 Å². The minimum absolute atomic E-state index is 0.104. The quantitative estimate of drug-likeness (QED) is 0.633. The van der Waals surface area contributed by atoms with E-state index in [2.05, 4.69) is 25.2 Å². The summed E-state index contributed by atoms with van der Waals surface area (Å²) < 4.78 is 33.2. The Balaban J connectivity index is 1.74. The Morgan fingerprint density at radius 1 is 1.09 bits per heavy atom. The average Bonchev–Trinajstić information content (AvgIpc) is 2.78. The predicted molar refractivity (Wildman–Crippen MR) is 131 cm³/mol. The molecule has 2 aromatic rings. The molecule has 0 spiro atoms. The molecule has 2 atom stereocenters. The highest BCUT2D eigenvalue weighted by Crippen LogP contribution is 2.32. The Morgan fingerprint density at radius 2 is 1.76 bits per heavy atom. The van der Waals surface area contributed by atoms with Crippen molar-refractivity contribution >= 4 is 15.9 Å². The van der Waals surface area contributed by atoms with E-state index in [9.17, 15) is 13.2 Å². The summed E-state index contributed by atoms with van der Waals surface area (Å²) in [5, 5.41) is 3.13. The summed E-state index contributed by atoms with van der Waals surface area (Å²) in [7, 11) is -1.94. The number of amides is 1. The zero-order chi connectivity index (χ0) is 24.3. The highest BCUT2D eigenvalue weighted by atomic mass is 32.2. The molecule has 0 aromatic heterocycles. The molecule has 1 amide bonds. The summed E-state index contributed by atoms with van der Waals surface area (Å²) in [4.78, 5) is 13.4. The van der Waals surface area contributed by atoms with E-state index in [0.29, 0.717) is 25.3 Å². The summed E-state index contributed by atoms with van der Waals surface area (Å²) in [6, 6.07) is 10.8. The summed E-state index contributed by atoms with van der Waals surface area (Å²) in [6.07, 6.45) is 1.34. The van der Waals surface area contributed by atoms with E-state index in [-0.39, 0.29) is 29.3 Å². The lowest BCUT2D eigenvalue weighted by Gasteiger charge is -2.32. The van der Waals surface area contributed by atoms with Crippen LogP contribution in [-0.4, -0.2) is 38.8 Å². The van der Waals surface area contributed by atoms with Gasteiger partial charge >= 0.3 is 0 Å². The predicted octanol–water partition coefficient (Wildman–Crippen LogP) is 4.71. The van der Waals surface area contributed by atoms with Crippen LogP contribution in [0.5, 0.6) is 5.75 Å². The van der Waals surface area contributed by atoms with Gasteiger partial charge in [0.1, 0.15) is 5.75 Å². The lowest BCUT2D eigenvalue weighted by Crippen LogP contribution is -2.45. The number of hydrogen-bond acceptors (Lipinski definition) is 4. The maximum absolute atomic E-state index is 13.1. The standard InChI is InChI=1S/C26H36N2O4S/c1-17(2)23-15-24(19(4)14-25(23)32-6)20(5)27-26(29)21-8-7-13-28(16-21)33(30,31)22-11-9-18(3)10-12-22/h9-12,14-15,17,20-21H,7-8,13,16H2,1-6H3,(H,27,29)/t20-,21-/m0/s1. The molecule has 0 aliphatic carbocycles. The molecule has 0 bridgehead atoms. The molecule has 1 aliphatic rings. The number of carbonyl (C=O) groups is 1. The van der Waals surface area contributed by atoms with E-state index in [1.54, 1.807) is 31.4 Å². The molecule has 0 unspecified atom stereocenters. The van der Waals surface area contributed by atoms with Gasteiger partial charge in [0.2, 0.25) is 15.9 Å². The number of carbonyl (C=O) groups excluding carboxylic acids is 1. The molecule has 1 saturated heterocycles. The van der Waals surface area contributed by atoms with E-state index in [0.717, 1.165) is 28.0 Å². The zero-order valence-corrected chi connectivity index (χ0v) is 21.3. The third-order valence-electron chi connectivity index (χ3n) is 6.48. The molecule has 6 nitrogen and oxygen atoms in total. The molecule has 0 radical (unpaired) electrons. The molecule has 1 heterocycles. The van der Waals surface area contributed by atoms with Crippen LogP contribution in [0.3, 0.4) is 0 Å². The molecule has 180 valence electrons. The normalized spacial score (nSPS) is 18.2. The van der Waals surface area contributed by atoms with Crippen molar-refractivity contribution in [3.63, 3.8) is 0 Å². The van der Waals surface area contributed by atoms with Crippen LogP contribution in [0.4, 0.5) is 0 Å². The van der Waals surface area contributed by atoms with Gasteiger partial charge in [-0.05, 0) is 80.5 Å². The fourth-order valence-electron chi connectivity index (χ4n) is 4.45. The second-order valence-electron chi connectivity index (χ2n) is 9.35. The Hall–Kier alpha value is -2.38. The summed E-state index contributed by atoms with van der Waals surface area (Å²) in [5.41, 5.74) is 4.21. The van der Waals surface area contributed by atoms with Crippen LogP contribution < -0.4 is 10.1 Å². The van der Waals surface area contributed by atoms with Crippen LogP contribution in [0.1, 0.15) is 67.8 Å². The van der Waals surface area contributed by atoms with E-state index < -0.39 is 10.0 Å². The monoisotopic (exact) mass is 472 g/mol. The fraction of sp³-hybridized carbons (Fsp3) is 0.500. The molecule has 1 aliphatic heterocycles. The van der Waals surface area contributed by atoms with Crippen molar-refractivity contribution in [1.82, 2.24) is 9.62 Å². The third-order valence-corrected chi connectivity index (χ3v) is 8.36. The molecular weight excluding hydrogens is 436 g/mol. The molecule has 0 saturated carbocycles. The first kappa shape index (κ1) is 25.2. The highest BCUT2D eigenvalue weighted by molar-refractivity contribution is 7.89. The number of ether oxygens (including phenoxy) is 1. The lowest BCUT2D eigenvalue weighted by molar-refractivity contribution is -0.126. The Bertz CT molecular complexity index is 1090. The molecule has 33 heavy (non-hydrogen) atoms. The van der Waals surface area contributed by atoms with Gasteiger partial charge in [0.15, 0.2) is 0 Å². The highest BCUT2D eigenvalue weighted by Gasteiger charge is 2.34. The number of nitrogens with zero attached hydrogens (tertiary/aromatic N) is 1. The van der Waals surface area contributed by atoms with Crippen LogP contribution in [0.25, 0.3) is 0 Å². The van der Waals surface area contributed by atoms with Crippen molar-refractivity contribution in [3.8, 4) is 5.75 Å². The maximum atomic E-state index is 13.1. The summed E-state index contributed by atoms with van der Waals surface area (Å²) in [5.74, 6) is 0.673. The van der Waals surface area contributed by atoms with Gasteiger partial charge in [0.25, 0.3) is 0 Å². The lowest BCUT2D eigenvalue weighted by atomic mass is 9.92. The van der Waals surface area contributed by atoms with E-state index in [4.69, 9.17) is 4.74 Å². The maximum Gasteiger partial charge on any atom is 0.243 e. The van der Waals surface area contributed by atoms with Gasteiger partial charge in [0, 0.05) is 13.1 Å². The van der Waals surface area contributed by atoms with Gasteiger partial charge in [-0.25, -0.2) is 8.42 Å². The molecule has 1 N–H and O–H groups in total. The van der Waals surface area contributed by atoms with Crippen molar-refractivity contribution in [3.05, 3.63) is 58.7 Å². The van der Waals surface area contributed by atoms with Crippen molar-refractivity contribution in [2.24, 2.45) is 5.92 Å². The van der Waals surface area contributed by atoms with Gasteiger partial charge in [-0.3, -0.25) is 4.79 Å². The topological polar surface area (TPSA) is 75.7 Å². The van der Waals surface area contributed by atoms with Gasteiger partial charge in [-0.1, -0.05) is 31.5 Å². The number of rotatable bonds is 7. The number of sulfonamides is 1. The SMILES string of the molecule is COc1cc(C)c([C@H](C)NC(=O)[C@H]2CCCN(S(=O)(=O)c3ccc(C)cc3)C2)cc1C(C)C. The molecule has 2 aromatic carbocycles. The van der Waals surface area contributed by atoms with Crippen LogP contribution in [0, 0.1) is 19.8 Å². The minimum atomic E-state index is -3.62. The zero-order valence-electron chi connectivity index (χ0n) is 20.5. The van der Waals surface area contributed by atoms with Gasteiger partial charge < -0.3 is 10.1 Å². The minimum Gasteiger partial charge on any atom is -0.496 e. The first-order valence-electron chi connectivity index (χ1n) is 11.6. The van der Waals surface area contributed by atoms with E-state index in [1.165, 1.54) is 4.31 Å². The van der Waals surface area contributed by atoms with Crippen molar-refractivity contribution in [2.45, 2.75) is 64.3 Å². The van der Waals surface area contributed by atoms with E-state index >= 15 is 0 Å². The van der Waals surface area contributed by atoms with Crippen molar-refractivity contribution in [2.75, 3.05) is 20.2 Å². The Kier molecular flexibility index (Phi) is 7.85. The van der Waals surface area contributed by atoms with Gasteiger partial charge in [0.05, 0.1) is 24.0 Å². The van der Waals surface area contributed by atoms with Crippen LogP contribution in [-0.2, 0) is 14.8 Å². The second-order valence-corrected chi connectivity index (χ2v) is 11.3. The van der Waals surface area contributed by atoms with Gasteiger partial charge in [-0.15, -0.1) is 0 Å². The Labute approximate surface area is 198 Å². The number of piperidine rings is 1. The van der Waals surface area contributed by atoms with Crippen LogP contribution >= 0.6 is 0 Å². The fourth-order valence-corrected chi connectivity index (χ4v) is 5.98. The van der Waals surface area contributed by atoms with Crippen LogP contribution in [0.2, 0.25) is 0 Å². The summed E-state index contributed by atoms with van der Waals surface area (Å²) >= 11 is 0. The smallest absolute Gasteiger partial charge is 0.243 e. The first-order chi connectivity index (χ1) is 15.5. The van der Waals surface area contributed by atoms with Crippen molar-refractivity contribution in [1.29, 1.82) is 0 Å². The molecule has 3 rings (SSSR count). The number of nitrogens with one attached hydrogen (secondary N) is 1. The first-order valence-corrected chi connectivity index (χ1v) is 13.0. The molecular formula is C26H36N2O4S. The average molecular weight is 473 g/mol. The molecule has 1 fully saturated rings. The van der Waals surface area contributed by atoms with Crippen molar-refractivity contribution < 1.29 is 17.9 Å². The number of hydrogen-bond donors (Lipinski definition) is 1. The Morgan fingerprint density at radius 3 is 2.36 bits per heavy atom. The number of methoxy groups -OCH3 is 1. The largest absolute Gasteiger partial charge is 0.496 e. The third kappa shape index (κ3) is 5.58.